The molecule has 0 aliphatic rings. The Balaban J connectivity index is 1.57. The number of amides is 1. The minimum atomic E-state index is -0.530. The van der Waals surface area contributed by atoms with Crippen LogP contribution in [0.2, 0.25) is 5.02 Å². The van der Waals surface area contributed by atoms with Gasteiger partial charge in [-0.15, -0.1) is 11.3 Å². The number of rotatable bonds is 7. The lowest BCUT2D eigenvalue weighted by Crippen LogP contribution is -2.15. The van der Waals surface area contributed by atoms with Crippen LogP contribution in [0, 0.1) is 6.92 Å². The first-order chi connectivity index (χ1) is 18.5. The monoisotopic (exact) mass is 541 g/mol. The molecule has 0 spiro atoms. The third kappa shape index (κ3) is 5.11. The molecule has 0 aliphatic carbocycles. The Morgan fingerprint density at radius 1 is 0.974 bits per heavy atom. The Kier molecular flexibility index (Phi) is 7.40. The quantitative estimate of drug-likeness (QED) is 0.215. The van der Waals surface area contributed by atoms with E-state index >= 15 is 0 Å². The highest BCUT2D eigenvalue weighted by atomic mass is 35.5. The van der Waals surface area contributed by atoms with E-state index in [9.17, 15) is 9.59 Å². The van der Waals surface area contributed by atoms with Gasteiger partial charge in [0.25, 0.3) is 5.91 Å². The zero-order chi connectivity index (χ0) is 26.6. The van der Waals surface area contributed by atoms with Gasteiger partial charge in [-0.1, -0.05) is 77.8 Å². The number of aryl methyl sites for hydroxylation is 1. The minimum absolute atomic E-state index is 0.200. The van der Waals surface area contributed by atoms with Crippen molar-refractivity contribution < 1.29 is 14.3 Å². The molecular formula is C30H24ClN3O3S. The van der Waals surface area contributed by atoms with Crippen LogP contribution in [0.1, 0.15) is 33.2 Å². The van der Waals surface area contributed by atoms with Crippen molar-refractivity contribution in [2.75, 3.05) is 11.9 Å². The van der Waals surface area contributed by atoms with Gasteiger partial charge < -0.3 is 10.1 Å². The Morgan fingerprint density at radius 2 is 1.68 bits per heavy atom. The second-order valence-electron chi connectivity index (χ2n) is 8.55. The number of hydrogen-bond donors (Lipinski definition) is 1. The Morgan fingerprint density at radius 3 is 2.39 bits per heavy atom. The van der Waals surface area contributed by atoms with E-state index in [1.165, 1.54) is 11.3 Å². The van der Waals surface area contributed by atoms with E-state index in [-0.39, 0.29) is 18.1 Å². The van der Waals surface area contributed by atoms with Crippen molar-refractivity contribution in [1.29, 1.82) is 0 Å². The van der Waals surface area contributed by atoms with Gasteiger partial charge in [-0.3, -0.25) is 4.79 Å². The number of para-hydroxylation sites is 1. The molecule has 2 heterocycles. The van der Waals surface area contributed by atoms with Crippen LogP contribution in [-0.2, 0) is 4.74 Å². The van der Waals surface area contributed by atoms with Crippen molar-refractivity contribution in [3.05, 3.63) is 112 Å². The van der Waals surface area contributed by atoms with Crippen molar-refractivity contribution in [3.63, 3.8) is 0 Å². The van der Waals surface area contributed by atoms with Gasteiger partial charge in [-0.2, -0.15) is 5.10 Å². The first-order valence-corrected chi connectivity index (χ1v) is 13.3. The van der Waals surface area contributed by atoms with E-state index in [0.717, 1.165) is 16.8 Å². The SMILES string of the molecule is CCOC(=O)c1c(-c2ccccc2Cl)csc1NC(=O)c1cn(-c2ccccc2)nc1-c1ccc(C)cc1. The van der Waals surface area contributed by atoms with Gasteiger partial charge in [0.05, 0.1) is 17.9 Å². The van der Waals surface area contributed by atoms with Gasteiger partial charge in [-0.05, 0) is 32.0 Å². The normalized spacial score (nSPS) is 10.8. The van der Waals surface area contributed by atoms with Crippen molar-refractivity contribution >= 4 is 39.8 Å². The molecule has 3 aromatic carbocycles. The number of benzene rings is 3. The number of thiophene rings is 1. The van der Waals surface area contributed by atoms with Crippen LogP contribution in [0.15, 0.2) is 90.4 Å². The van der Waals surface area contributed by atoms with Gasteiger partial charge in [0, 0.05) is 33.3 Å². The number of hydrogen-bond acceptors (Lipinski definition) is 5. The molecule has 1 amide bonds. The summed E-state index contributed by atoms with van der Waals surface area (Å²) in [7, 11) is 0. The Bertz CT molecular complexity index is 1610. The fourth-order valence-electron chi connectivity index (χ4n) is 4.08. The summed E-state index contributed by atoms with van der Waals surface area (Å²) in [6.45, 7) is 3.94. The van der Waals surface area contributed by atoms with Gasteiger partial charge in [0.15, 0.2) is 0 Å². The van der Waals surface area contributed by atoms with Crippen LogP contribution in [0.25, 0.3) is 28.1 Å². The summed E-state index contributed by atoms with van der Waals surface area (Å²) in [4.78, 5) is 26.8. The van der Waals surface area contributed by atoms with Crippen LogP contribution in [0.5, 0.6) is 0 Å². The molecule has 6 nitrogen and oxygen atoms in total. The zero-order valence-corrected chi connectivity index (χ0v) is 22.3. The average Bonchev–Trinajstić information content (AvgIpc) is 3.55. The molecule has 2 aromatic heterocycles. The van der Waals surface area contributed by atoms with Crippen molar-refractivity contribution in [3.8, 4) is 28.1 Å². The predicted octanol–water partition coefficient (Wildman–Crippen LogP) is 7.66. The molecule has 5 rings (SSSR count). The third-order valence-electron chi connectivity index (χ3n) is 5.97. The molecule has 0 aliphatic heterocycles. The zero-order valence-electron chi connectivity index (χ0n) is 20.8. The first-order valence-electron chi connectivity index (χ1n) is 12.0. The standard InChI is InChI=1S/C30H24ClN3O3S/c1-3-37-30(36)26-24(22-11-7-8-12-25(22)31)18-38-29(26)32-28(35)23-17-34(21-9-5-4-6-10-21)33-27(23)20-15-13-19(2)14-16-20/h4-18H,3H2,1-2H3,(H,32,35). The first kappa shape index (κ1) is 25.4. The lowest BCUT2D eigenvalue weighted by atomic mass is 10.0. The highest BCUT2D eigenvalue weighted by Gasteiger charge is 2.26. The van der Waals surface area contributed by atoms with Crippen LogP contribution in [0.3, 0.4) is 0 Å². The molecule has 0 fully saturated rings. The van der Waals surface area contributed by atoms with Crippen molar-refractivity contribution in [1.82, 2.24) is 9.78 Å². The second kappa shape index (κ2) is 11.0. The summed E-state index contributed by atoms with van der Waals surface area (Å²) in [5.41, 5.74) is 5.21. The lowest BCUT2D eigenvalue weighted by molar-refractivity contribution is 0.0529. The van der Waals surface area contributed by atoms with Crippen molar-refractivity contribution in [2.45, 2.75) is 13.8 Å². The highest BCUT2D eigenvalue weighted by molar-refractivity contribution is 7.15. The number of aromatic nitrogens is 2. The molecule has 1 N–H and O–H groups in total. The fourth-order valence-corrected chi connectivity index (χ4v) is 5.26. The van der Waals surface area contributed by atoms with E-state index < -0.39 is 5.97 Å². The summed E-state index contributed by atoms with van der Waals surface area (Å²) in [5.74, 6) is -0.918. The molecule has 0 atom stereocenters. The van der Waals surface area contributed by atoms with E-state index in [1.807, 2.05) is 79.7 Å². The maximum absolute atomic E-state index is 13.7. The molecule has 190 valence electrons. The minimum Gasteiger partial charge on any atom is -0.462 e. The predicted molar refractivity (Wildman–Crippen MR) is 152 cm³/mol. The average molecular weight is 542 g/mol. The van der Waals surface area contributed by atoms with E-state index in [1.54, 1.807) is 29.2 Å². The molecule has 0 radical (unpaired) electrons. The molecule has 0 saturated heterocycles. The summed E-state index contributed by atoms with van der Waals surface area (Å²) >= 11 is 7.68. The van der Waals surface area contributed by atoms with E-state index in [0.29, 0.717) is 32.4 Å². The van der Waals surface area contributed by atoms with Crippen molar-refractivity contribution in [2.24, 2.45) is 0 Å². The molecule has 38 heavy (non-hydrogen) atoms. The summed E-state index contributed by atoms with van der Waals surface area (Å²) in [6, 6.07) is 24.7. The topological polar surface area (TPSA) is 73.2 Å². The molecular weight excluding hydrogens is 518 g/mol. The lowest BCUT2D eigenvalue weighted by Gasteiger charge is -2.10. The number of halogens is 1. The Labute approximate surface area is 229 Å². The second-order valence-corrected chi connectivity index (χ2v) is 9.83. The van der Waals surface area contributed by atoms with Gasteiger partial charge in [0.2, 0.25) is 0 Å². The van der Waals surface area contributed by atoms with Gasteiger partial charge in [0.1, 0.15) is 16.3 Å². The maximum Gasteiger partial charge on any atom is 0.341 e. The summed E-state index contributed by atoms with van der Waals surface area (Å²) in [6.07, 6.45) is 1.70. The molecule has 5 aromatic rings. The fraction of sp³-hybridized carbons (Fsp3) is 0.100. The van der Waals surface area contributed by atoms with E-state index in [2.05, 4.69) is 5.32 Å². The Hall–Kier alpha value is -4.20. The molecule has 0 unspecified atom stereocenters. The molecule has 0 saturated carbocycles. The van der Waals surface area contributed by atoms with Gasteiger partial charge >= 0.3 is 5.97 Å². The third-order valence-corrected chi connectivity index (χ3v) is 7.19. The number of carbonyl (C=O) groups excluding carboxylic acids is 2. The van der Waals surface area contributed by atoms with Crippen LogP contribution >= 0.6 is 22.9 Å². The van der Waals surface area contributed by atoms with Crippen LogP contribution < -0.4 is 5.32 Å². The number of anilines is 1. The summed E-state index contributed by atoms with van der Waals surface area (Å²) in [5, 5.41) is 10.4. The van der Waals surface area contributed by atoms with Crippen LogP contribution in [0.4, 0.5) is 5.00 Å². The largest absolute Gasteiger partial charge is 0.462 e. The smallest absolute Gasteiger partial charge is 0.341 e. The highest BCUT2D eigenvalue weighted by Crippen LogP contribution is 2.39. The number of ether oxygens (including phenoxy) is 1. The number of carbonyl (C=O) groups is 2. The summed E-state index contributed by atoms with van der Waals surface area (Å²) < 4.78 is 7.02. The van der Waals surface area contributed by atoms with Gasteiger partial charge in [-0.25, -0.2) is 9.48 Å². The van der Waals surface area contributed by atoms with E-state index in [4.69, 9.17) is 21.4 Å². The number of nitrogens with one attached hydrogen (secondary N) is 1. The number of esters is 1. The molecule has 0 bridgehead atoms. The number of nitrogens with zero attached hydrogens (tertiary/aromatic N) is 2. The maximum atomic E-state index is 13.7. The van der Waals surface area contributed by atoms with Crippen LogP contribution in [-0.4, -0.2) is 28.3 Å². The molecule has 8 heteroatoms.